The number of hydrogen-bond donors (Lipinski definition) is 1. The Bertz CT molecular complexity index is 864. The number of amides is 1. The van der Waals surface area contributed by atoms with Crippen LogP contribution in [0.15, 0.2) is 36.4 Å². The summed E-state index contributed by atoms with van der Waals surface area (Å²) in [5.41, 5.74) is 2.85. The molecule has 0 radical (unpaired) electrons. The number of rotatable bonds is 9. The molecule has 2 aromatic rings. The minimum Gasteiger partial charge on any atom is -0.493 e. The van der Waals surface area contributed by atoms with E-state index in [1.165, 1.54) is 6.92 Å². The molecule has 0 saturated heterocycles. The maximum Gasteiger partial charge on any atom is 0.344 e. The van der Waals surface area contributed by atoms with E-state index < -0.39 is 18.0 Å². The van der Waals surface area contributed by atoms with Crippen LogP contribution < -0.4 is 19.5 Å². The highest BCUT2D eigenvalue weighted by Crippen LogP contribution is 2.27. The van der Waals surface area contributed by atoms with Gasteiger partial charge < -0.3 is 24.3 Å². The van der Waals surface area contributed by atoms with E-state index in [0.29, 0.717) is 17.2 Å². The quantitative estimate of drug-likeness (QED) is 0.651. The molecule has 1 N–H and O–H groups in total. The summed E-state index contributed by atoms with van der Waals surface area (Å²) in [5.74, 6) is 0.781. The first-order valence-corrected chi connectivity index (χ1v) is 9.22. The van der Waals surface area contributed by atoms with Crippen molar-refractivity contribution in [1.82, 2.24) is 5.32 Å². The molecule has 29 heavy (non-hydrogen) atoms. The van der Waals surface area contributed by atoms with Crippen molar-refractivity contribution in [1.29, 1.82) is 0 Å². The summed E-state index contributed by atoms with van der Waals surface area (Å²) in [7, 11) is 3.10. The third kappa shape index (κ3) is 6.14. The third-order valence-corrected chi connectivity index (χ3v) is 4.49. The molecule has 0 heterocycles. The predicted octanol–water partition coefficient (Wildman–Crippen LogP) is 2.95. The van der Waals surface area contributed by atoms with Crippen LogP contribution >= 0.6 is 0 Å². The average molecular weight is 401 g/mol. The largest absolute Gasteiger partial charge is 0.493 e. The Morgan fingerprint density at radius 2 is 1.72 bits per heavy atom. The molecule has 1 atom stereocenters. The topological polar surface area (TPSA) is 83.1 Å². The van der Waals surface area contributed by atoms with Crippen molar-refractivity contribution in [3.63, 3.8) is 0 Å². The number of aryl methyl sites for hydroxylation is 1. The number of methoxy groups -OCH3 is 2. The molecule has 0 aliphatic rings. The summed E-state index contributed by atoms with van der Waals surface area (Å²) in [5, 5.41) is 2.73. The van der Waals surface area contributed by atoms with Crippen LogP contribution in [0.5, 0.6) is 17.2 Å². The van der Waals surface area contributed by atoms with Gasteiger partial charge in [0.1, 0.15) is 5.75 Å². The van der Waals surface area contributed by atoms with Gasteiger partial charge in [0.2, 0.25) is 0 Å². The third-order valence-electron chi connectivity index (χ3n) is 4.49. The number of carbonyl (C=O) groups excluding carboxylic acids is 2. The van der Waals surface area contributed by atoms with Gasteiger partial charge in [0.15, 0.2) is 24.2 Å². The Balaban J connectivity index is 1.82. The second-order valence-corrected chi connectivity index (χ2v) is 6.53. The summed E-state index contributed by atoms with van der Waals surface area (Å²) < 4.78 is 21.1. The van der Waals surface area contributed by atoms with E-state index in [1.807, 2.05) is 32.0 Å². The van der Waals surface area contributed by atoms with Crippen molar-refractivity contribution in [3.8, 4) is 17.2 Å². The van der Waals surface area contributed by atoms with Crippen molar-refractivity contribution in [2.24, 2.45) is 0 Å². The van der Waals surface area contributed by atoms with Crippen molar-refractivity contribution < 1.29 is 28.5 Å². The predicted molar refractivity (Wildman–Crippen MR) is 108 cm³/mol. The number of benzene rings is 2. The standard InChI is InChI=1S/C22H27NO6/c1-14-7-6-8-18(15(14)2)28-13-21(24)29-16(3)22(25)23-12-17-9-10-19(26-4)20(11-17)27-5/h6-11,16H,12-13H2,1-5H3,(H,23,25)/t16-/m0/s1. The molecule has 0 bridgehead atoms. The van der Waals surface area contributed by atoms with Crippen LogP contribution in [0.2, 0.25) is 0 Å². The first-order valence-electron chi connectivity index (χ1n) is 9.22. The molecule has 0 fully saturated rings. The van der Waals surface area contributed by atoms with Crippen molar-refractivity contribution in [2.75, 3.05) is 20.8 Å². The van der Waals surface area contributed by atoms with Gasteiger partial charge in [-0.05, 0) is 55.7 Å². The first-order chi connectivity index (χ1) is 13.8. The molecule has 0 unspecified atom stereocenters. The molecule has 7 heteroatoms. The van der Waals surface area contributed by atoms with Gasteiger partial charge in [0.25, 0.3) is 5.91 Å². The van der Waals surface area contributed by atoms with Crippen molar-refractivity contribution >= 4 is 11.9 Å². The SMILES string of the molecule is COc1ccc(CNC(=O)[C@H](C)OC(=O)COc2cccc(C)c2C)cc1OC. The molecular weight excluding hydrogens is 374 g/mol. The molecule has 2 aromatic carbocycles. The molecule has 156 valence electrons. The van der Waals surface area contributed by atoms with Gasteiger partial charge in [-0.1, -0.05) is 18.2 Å². The van der Waals surface area contributed by atoms with Crippen LogP contribution in [0.25, 0.3) is 0 Å². The van der Waals surface area contributed by atoms with E-state index in [2.05, 4.69) is 5.32 Å². The second-order valence-electron chi connectivity index (χ2n) is 6.53. The van der Waals surface area contributed by atoms with E-state index in [9.17, 15) is 9.59 Å². The molecule has 1 amide bonds. The van der Waals surface area contributed by atoms with Crippen LogP contribution in [0.3, 0.4) is 0 Å². The number of hydrogen-bond acceptors (Lipinski definition) is 6. The lowest BCUT2D eigenvalue weighted by molar-refractivity contribution is -0.156. The average Bonchev–Trinajstić information content (AvgIpc) is 2.72. The summed E-state index contributed by atoms with van der Waals surface area (Å²) in [6, 6.07) is 11.0. The Hall–Kier alpha value is -3.22. The second kappa shape index (κ2) is 10.4. The summed E-state index contributed by atoms with van der Waals surface area (Å²) in [6.07, 6.45) is -0.940. The molecule has 0 aliphatic heterocycles. The van der Waals surface area contributed by atoms with Gasteiger partial charge in [0.05, 0.1) is 14.2 Å². The maximum atomic E-state index is 12.2. The molecule has 0 saturated carbocycles. The lowest BCUT2D eigenvalue weighted by Crippen LogP contribution is -2.36. The summed E-state index contributed by atoms with van der Waals surface area (Å²) >= 11 is 0. The number of ether oxygens (including phenoxy) is 4. The lowest BCUT2D eigenvalue weighted by atomic mass is 10.1. The molecule has 0 aromatic heterocycles. The van der Waals surface area contributed by atoms with Gasteiger partial charge in [-0.3, -0.25) is 4.79 Å². The number of nitrogens with one attached hydrogen (secondary N) is 1. The molecule has 2 rings (SSSR count). The van der Waals surface area contributed by atoms with Crippen LogP contribution in [-0.4, -0.2) is 38.8 Å². The number of carbonyl (C=O) groups is 2. The van der Waals surface area contributed by atoms with Gasteiger partial charge in [-0.15, -0.1) is 0 Å². The Morgan fingerprint density at radius 3 is 2.41 bits per heavy atom. The Labute approximate surface area is 170 Å². The molecule has 0 aliphatic carbocycles. The minimum atomic E-state index is -0.940. The molecule has 7 nitrogen and oxygen atoms in total. The van der Waals surface area contributed by atoms with E-state index >= 15 is 0 Å². The lowest BCUT2D eigenvalue weighted by Gasteiger charge is -2.15. The monoisotopic (exact) mass is 401 g/mol. The van der Waals surface area contributed by atoms with Crippen LogP contribution in [0, 0.1) is 13.8 Å². The summed E-state index contributed by atoms with van der Waals surface area (Å²) in [6.45, 7) is 5.39. The summed E-state index contributed by atoms with van der Waals surface area (Å²) in [4.78, 5) is 24.2. The zero-order chi connectivity index (χ0) is 21.4. The first kappa shape index (κ1) is 22.1. The van der Waals surface area contributed by atoms with Gasteiger partial charge in [0, 0.05) is 6.54 Å². The van der Waals surface area contributed by atoms with Gasteiger partial charge >= 0.3 is 5.97 Å². The smallest absolute Gasteiger partial charge is 0.344 e. The molecular formula is C22H27NO6. The van der Waals surface area contributed by atoms with E-state index in [0.717, 1.165) is 16.7 Å². The van der Waals surface area contributed by atoms with Crippen LogP contribution in [-0.2, 0) is 20.9 Å². The van der Waals surface area contributed by atoms with Crippen LogP contribution in [0.4, 0.5) is 0 Å². The minimum absolute atomic E-state index is 0.264. The zero-order valence-electron chi connectivity index (χ0n) is 17.4. The van der Waals surface area contributed by atoms with E-state index in [-0.39, 0.29) is 13.2 Å². The Kier molecular flexibility index (Phi) is 7.88. The normalized spacial score (nSPS) is 11.3. The van der Waals surface area contributed by atoms with E-state index in [1.54, 1.807) is 32.4 Å². The maximum absolute atomic E-state index is 12.2. The Morgan fingerprint density at radius 1 is 1.00 bits per heavy atom. The fourth-order valence-electron chi connectivity index (χ4n) is 2.63. The highest BCUT2D eigenvalue weighted by molar-refractivity contribution is 5.83. The van der Waals surface area contributed by atoms with Gasteiger partial charge in [-0.25, -0.2) is 4.79 Å². The van der Waals surface area contributed by atoms with Crippen molar-refractivity contribution in [2.45, 2.75) is 33.4 Å². The highest BCUT2D eigenvalue weighted by Gasteiger charge is 2.18. The van der Waals surface area contributed by atoms with Crippen LogP contribution in [0.1, 0.15) is 23.6 Å². The fourth-order valence-corrected chi connectivity index (χ4v) is 2.63. The zero-order valence-corrected chi connectivity index (χ0v) is 17.4. The van der Waals surface area contributed by atoms with Crippen molar-refractivity contribution in [3.05, 3.63) is 53.1 Å². The van der Waals surface area contributed by atoms with E-state index in [4.69, 9.17) is 18.9 Å². The fraction of sp³-hybridized carbons (Fsp3) is 0.364. The highest BCUT2D eigenvalue weighted by atomic mass is 16.6. The van der Waals surface area contributed by atoms with Gasteiger partial charge in [-0.2, -0.15) is 0 Å². The molecule has 0 spiro atoms. The number of esters is 1.